The summed E-state index contributed by atoms with van der Waals surface area (Å²) in [6.07, 6.45) is 5.13. The molecule has 1 saturated carbocycles. The Morgan fingerprint density at radius 1 is 1.37 bits per heavy atom. The molecule has 1 aliphatic carbocycles. The van der Waals surface area contributed by atoms with Gasteiger partial charge in [0.25, 0.3) is 0 Å². The fourth-order valence-electron chi connectivity index (χ4n) is 3.69. The molecule has 1 aromatic carbocycles. The number of para-hydroxylation sites is 1. The highest BCUT2D eigenvalue weighted by Crippen LogP contribution is 2.42. The van der Waals surface area contributed by atoms with Gasteiger partial charge in [-0.25, -0.2) is 0 Å². The van der Waals surface area contributed by atoms with Crippen LogP contribution in [0.4, 0.5) is 5.69 Å². The van der Waals surface area contributed by atoms with E-state index in [4.69, 9.17) is 5.73 Å². The topological polar surface area (TPSA) is 46.3 Å². The lowest BCUT2D eigenvalue weighted by atomic mass is 9.84. The van der Waals surface area contributed by atoms with Crippen LogP contribution in [0.15, 0.2) is 24.3 Å². The van der Waals surface area contributed by atoms with Gasteiger partial charge in [0.05, 0.1) is 5.41 Å². The van der Waals surface area contributed by atoms with E-state index < -0.39 is 0 Å². The fourth-order valence-corrected chi connectivity index (χ4v) is 3.69. The van der Waals surface area contributed by atoms with Gasteiger partial charge in [-0.3, -0.25) is 4.79 Å². The number of fused-ring (bicyclic) bond motifs is 1. The smallest absolute Gasteiger partial charge is 0.234 e. The van der Waals surface area contributed by atoms with Crippen LogP contribution < -0.4 is 10.6 Å². The van der Waals surface area contributed by atoms with E-state index in [-0.39, 0.29) is 17.4 Å². The molecule has 3 nitrogen and oxygen atoms in total. The second kappa shape index (κ2) is 4.64. The third-order valence-electron chi connectivity index (χ3n) is 4.83. The van der Waals surface area contributed by atoms with Crippen molar-refractivity contribution in [2.45, 2.75) is 45.1 Å². The van der Waals surface area contributed by atoms with Gasteiger partial charge in [-0.2, -0.15) is 0 Å². The van der Waals surface area contributed by atoms with Gasteiger partial charge >= 0.3 is 0 Å². The second-order valence-electron chi connectivity index (χ2n) is 6.05. The lowest BCUT2D eigenvalue weighted by molar-refractivity contribution is -0.127. The van der Waals surface area contributed by atoms with Crippen LogP contribution in [0.3, 0.4) is 0 Å². The maximum atomic E-state index is 13.0. The van der Waals surface area contributed by atoms with Crippen molar-refractivity contribution in [2.75, 3.05) is 11.4 Å². The van der Waals surface area contributed by atoms with E-state index in [9.17, 15) is 4.79 Å². The molecule has 2 aliphatic rings. The minimum Gasteiger partial charge on any atom is -0.329 e. The molecule has 3 rings (SSSR count). The van der Waals surface area contributed by atoms with Crippen LogP contribution in [0.1, 0.15) is 38.2 Å². The van der Waals surface area contributed by atoms with E-state index in [1.807, 2.05) is 17.0 Å². The molecule has 0 radical (unpaired) electrons. The molecule has 0 saturated heterocycles. The first-order valence-electron chi connectivity index (χ1n) is 7.29. The van der Waals surface area contributed by atoms with E-state index in [0.717, 1.165) is 37.8 Å². The van der Waals surface area contributed by atoms with Gasteiger partial charge in [-0.1, -0.05) is 31.0 Å². The molecule has 102 valence electrons. The first kappa shape index (κ1) is 12.7. The normalized spacial score (nSPS) is 24.5. The van der Waals surface area contributed by atoms with Crippen molar-refractivity contribution >= 4 is 11.6 Å². The Bertz CT molecular complexity index is 491. The van der Waals surface area contributed by atoms with Gasteiger partial charge in [0.15, 0.2) is 0 Å². The summed E-state index contributed by atoms with van der Waals surface area (Å²) in [7, 11) is 0. The molecule has 0 bridgehead atoms. The van der Waals surface area contributed by atoms with Crippen molar-refractivity contribution in [1.82, 2.24) is 0 Å². The standard InChI is InChI=1S/C16H22N2O/c1-12-10-13-6-2-3-7-14(13)18(12)15(19)16(11-17)8-4-5-9-16/h2-3,6-7,12H,4-5,8-11,17H2,1H3. The summed E-state index contributed by atoms with van der Waals surface area (Å²) < 4.78 is 0. The van der Waals surface area contributed by atoms with Crippen LogP contribution in [0.25, 0.3) is 0 Å². The number of carbonyl (C=O) groups is 1. The molecule has 2 N–H and O–H groups in total. The van der Waals surface area contributed by atoms with Gasteiger partial charge in [-0.15, -0.1) is 0 Å². The van der Waals surface area contributed by atoms with Crippen LogP contribution >= 0.6 is 0 Å². The van der Waals surface area contributed by atoms with Crippen molar-refractivity contribution in [3.63, 3.8) is 0 Å². The molecular weight excluding hydrogens is 236 g/mol. The molecule has 1 amide bonds. The Labute approximate surface area is 114 Å². The zero-order valence-electron chi connectivity index (χ0n) is 11.6. The van der Waals surface area contributed by atoms with E-state index in [1.165, 1.54) is 5.56 Å². The van der Waals surface area contributed by atoms with E-state index >= 15 is 0 Å². The molecule has 3 heteroatoms. The van der Waals surface area contributed by atoms with Gasteiger partial charge in [0.2, 0.25) is 5.91 Å². The molecule has 1 heterocycles. The number of benzene rings is 1. The summed E-state index contributed by atoms with van der Waals surface area (Å²) in [6, 6.07) is 8.52. The van der Waals surface area contributed by atoms with Crippen LogP contribution in [0, 0.1) is 5.41 Å². The van der Waals surface area contributed by atoms with Gasteiger partial charge in [-0.05, 0) is 37.8 Å². The minimum atomic E-state index is -0.300. The van der Waals surface area contributed by atoms with Gasteiger partial charge < -0.3 is 10.6 Å². The lowest BCUT2D eigenvalue weighted by Gasteiger charge is -2.34. The number of nitrogens with zero attached hydrogens (tertiary/aromatic N) is 1. The molecule has 1 aromatic rings. The Balaban J connectivity index is 1.96. The van der Waals surface area contributed by atoms with E-state index in [1.54, 1.807) is 0 Å². The second-order valence-corrected chi connectivity index (χ2v) is 6.05. The van der Waals surface area contributed by atoms with Crippen molar-refractivity contribution < 1.29 is 4.79 Å². The summed E-state index contributed by atoms with van der Waals surface area (Å²) >= 11 is 0. The third-order valence-corrected chi connectivity index (χ3v) is 4.83. The maximum absolute atomic E-state index is 13.0. The quantitative estimate of drug-likeness (QED) is 0.886. The first-order valence-corrected chi connectivity index (χ1v) is 7.29. The average molecular weight is 258 g/mol. The number of carbonyl (C=O) groups excluding carboxylic acids is 1. The fraction of sp³-hybridized carbons (Fsp3) is 0.562. The van der Waals surface area contributed by atoms with Crippen molar-refractivity contribution in [2.24, 2.45) is 11.1 Å². The van der Waals surface area contributed by atoms with Crippen LogP contribution in [-0.2, 0) is 11.2 Å². The number of anilines is 1. The summed E-state index contributed by atoms with van der Waals surface area (Å²) in [5.74, 6) is 0.255. The SMILES string of the molecule is CC1Cc2ccccc2N1C(=O)C1(CN)CCCC1. The largest absolute Gasteiger partial charge is 0.329 e. The third kappa shape index (κ3) is 1.88. The molecule has 1 unspecified atom stereocenters. The van der Waals surface area contributed by atoms with Crippen molar-refractivity contribution in [3.05, 3.63) is 29.8 Å². The molecule has 1 fully saturated rings. The lowest BCUT2D eigenvalue weighted by Crippen LogP contribution is -2.49. The number of nitrogens with two attached hydrogens (primary N) is 1. The number of rotatable bonds is 2. The predicted octanol–water partition coefficient (Wildman–Crippen LogP) is 2.48. The van der Waals surface area contributed by atoms with Crippen molar-refractivity contribution in [1.29, 1.82) is 0 Å². The summed E-state index contributed by atoms with van der Waals surface area (Å²) in [6.45, 7) is 2.62. The maximum Gasteiger partial charge on any atom is 0.234 e. The number of amides is 1. The molecule has 1 atom stereocenters. The molecular formula is C16H22N2O. The number of hydrogen-bond donors (Lipinski definition) is 1. The zero-order chi connectivity index (χ0) is 13.5. The highest BCUT2D eigenvalue weighted by molar-refractivity contribution is 6.00. The molecule has 0 spiro atoms. The highest BCUT2D eigenvalue weighted by Gasteiger charge is 2.45. The summed E-state index contributed by atoms with van der Waals surface area (Å²) in [5, 5.41) is 0. The molecule has 1 aliphatic heterocycles. The van der Waals surface area contributed by atoms with Crippen molar-refractivity contribution in [3.8, 4) is 0 Å². The van der Waals surface area contributed by atoms with Gasteiger partial charge in [0, 0.05) is 18.3 Å². The van der Waals surface area contributed by atoms with Gasteiger partial charge in [0.1, 0.15) is 0 Å². The first-order chi connectivity index (χ1) is 9.18. The Hall–Kier alpha value is -1.35. The van der Waals surface area contributed by atoms with E-state index in [2.05, 4.69) is 19.1 Å². The van der Waals surface area contributed by atoms with Crippen LogP contribution in [0.5, 0.6) is 0 Å². The van der Waals surface area contributed by atoms with Crippen LogP contribution in [-0.4, -0.2) is 18.5 Å². The average Bonchev–Trinajstić information content (AvgIpc) is 3.02. The number of hydrogen-bond acceptors (Lipinski definition) is 2. The Morgan fingerprint density at radius 2 is 2.05 bits per heavy atom. The van der Waals surface area contributed by atoms with Crippen LogP contribution in [0.2, 0.25) is 0 Å². The molecule has 0 aromatic heterocycles. The highest BCUT2D eigenvalue weighted by atomic mass is 16.2. The molecule has 19 heavy (non-hydrogen) atoms. The Morgan fingerprint density at radius 3 is 2.74 bits per heavy atom. The summed E-state index contributed by atoms with van der Waals surface area (Å²) in [4.78, 5) is 15.0. The summed E-state index contributed by atoms with van der Waals surface area (Å²) in [5.41, 5.74) is 8.04. The zero-order valence-corrected chi connectivity index (χ0v) is 11.6. The van der Waals surface area contributed by atoms with E-state index in [0.29, 0.717) is 6.54 Å². The minimum absolute atomic E-state index is 0.255. The Kier molecular flexibility index (Phi) is 3.09. The predicted molar refractivity (Wildman–Crippen MR) is 77.0 cm³/mol. The monoisotopic (exact) mass is 258 g/mol.